The second-order valence-corrected chi connectivity index (χ2v) is 3.10. The summed E-state index contributed by atoms with van der Waals surface area (Å²) in [7, 11) is 0. The van der Waals surface area contributed by atoms with Crippen molar-refractivity contribution in [2.75, 3.05) is 6.61 Å². The maximum absolute atomic E-state index is 9.36. The minimum atomic E-state index is -2.20. The molecule has 0 aromatic heterocycles. The SMILES string of the molecule is OC[C@]1(O)N[C@@H](O)[C@H](O)[C@@H](O)[C@@H]1O. The lowest BCUT2D eigenvalue weighted by molar-refractivity contribution is -0.247. The molecule has 0 amide bonds. The Kier molecular flexibility index (Phi) is 2.88. The zero-order chi connectivity index (χ0) is 10.2. The quantitative estimate of drug-likeness (QED) is 0.225. The van der Waals surface area contributed by atoms with E-state index in [1.165, 1.54) is 0 Å². The average Bonchev–Trinajstić information content (AvgIpc) is 2.12. The third kappa shape index (κ3) is 1.67. The molecule has 1 saturated heterocycles. The Morgan fingerprint density at radius 3 is 2.08 bits per heavy atom. The van der Waals surface area contributed by atoms with Crippen LogP contribution in [0.25, 0.3) is 0 Å². The van der Waals surface area contributed by atoms with Crippen LogP contribution >= 0.6 is 0 Å². The molecule has 0 aromatic carbocycles. The molecule has 0 aromatic rings. The van der Waals surface area contributed by atoms with E-state index >= 15 is 0 Å². The molecule has 5 atom stereocenters. The highest BCUT2D eigenvalue weighted by Crippen LogP contribution is 2.20. The summed E-state index contributed by atoms with van der Waals surface area (Å²) >= 11 is 0. The van der Waals surface area contributed by atoms with Gasteiger partial charge in [0.1, 0.15) is 24.5 Å². The third-order valence-electron chi connectivity index (χ3n) is 2.13. The lowest BCUT2D eigenvalue weighted by atomic mass is 9.92. The summed E-state index contributed by atoms with van der Waals surface area (Å²) in [4.78, 5) is 0. The molecule has 1 rings (SSSR count). The zero-order valence-corrected chi connectivity index (χ0v) is 6.70. The molecule has 7 N–H and O–H groups in total. The monoisotopic (exact) mass is 195 g/mol. The Bertz CT molecular complexity index is 190. The zero-order valence-electron chi connectivity index (χ0n) is 6.70. The van der Waals surface area contributed by atoms with Gasteiger partial charge in [0.25, 0.3) is 0 Å². The van der Waals surface area contributed by atoms with Gasteiger partial charge in [0, 0.05) is 0 Å². The fourth-order valence-corrected chi connectivity index (χ4v) is 1.22. The van der Waals surface area contributed by atoms with E-state index in [1.54, 1.807) is 0 Å². The van der Waals surface area contributed by atoms with E-state index in [0.717, 1.165) is 0 Å². The van der Waals surface area contributed by atoms with Gasteiger partial charge in [-0.3, -0.25) is 5.32 Å². The Hall–Kier alpha value is -0.280. The van der Waals surface area contributed by atoms with Crippen LogP contribution in [0.3, 0.4) is 0 Å². The van der Waals surface area contributed by atoms with Crippen molar-refractivity contribution in [3.8, 4) is 0 Å². The van der Waals surface area contributed by atoms with Crippen molar-refractivity contribution < 1.29 is 30.6 Å². The number of hydrogen-bond acceptors (Lipinski definition) is 7. The Balaban J connectivity index is 2.82. The maximum Gasteiger partial charge on any atom is 0.170 e. The summed E-state index contributed by atoms with van der Waals surface area (Å²) in [6.07, 6.45) is -6.69. The molecule has 0 bridgehead atoms. The van der Waals surface area contributed by atoms with Crippen molar-refractivity contribution in [2.24, 2.45) is 0 Å². The van der Waals surface area contributed by atoms with Crippen LogP contribution < -0.4 is 5.32 Å². The van der Waals surface area contributed by atoms with Crippen LogP contribution in [0.1, 0.15) is 0 Å². The fraction of sp³-hybridized carbons (Fsp3) is 1.00. The van der Waals surface area contributed by atoms with Gasteiger partial charge in [-0.25, -0.2) is 0 Å². The minimum absolute atomic E-state index is 0.894. The highest BCUT2D eigenvalue weighted by molar-refractivity contribution is 4.98. The number of nitrogens with one attached hydrogen (secondary N) is 1. The van der Waals surface area contributed by atoms with Crippen LogP contribution in [-0.2, 0) is 0 Å². The molecule has 7 heteroatoms. The second-order valence-electron chi connectivity index (χ2n) is 3.10. The molecule has 1 heterocycles. The van der Waals surface area contributed by atoms with Gasteiger partial charge in [0.15, 0.2) is 5.72 Å². The van der Waals surface area contributed by atoms with E-state index in [9.17, 15) is 10.2 Å². The van der Waals surface area contributed by atoms with Crippen molar-refractivity contribution >= 4 is 0 Å². The fourth-order valence-electron chi connectivity index (χ4n) is 1.22. The summed E-state index contributed by atoms with van der Waals surface area (Å²) in [5.74, 6) is 0. The third-order valence-corrected chi connectivity index (χ3v) is 2.13. The van der Waals surface area contributed by atoms with Gasteiger partial charge in [-0.1, -0.05) is 0 Å². The summed E-state index contributed by atoms with van der Waals surface area (Å²) in [5.41, 5.74) is -2.20. The molecule has 1 aliphatic rings. The van der Waals surface area contributed by atoms with Crippen molar-refractivity contribution in [3.05, 3.63) is 0 Å². The molecule has 7 nitrogen and oxygen atoms in total. The van der Waals surface area contributed by atoms with Crippen LogP contribution in [0, 0.1) is 0 Å². The van der Waals surface area contributed by atoms with Gasteiger partial charge in [-0.15, -0.1) is 0 Å². The van der Waals surface area contributed by atoms with Gasteiger partial charge in [0.05, 0.1) is 6.61 Å². The first-order chi connectivity index (χ1) is 5.92. The molecule has 0 saturated carbocycles. The van der Waals surface area contributed by atoms with Gasteiger partial charge in [-0.2, -0.15) is 0 Å². The molecule has 0 spiro atoms. The molecule has 1 fully saturated rings. The molecular formula is C6H13NO6. The van der Waals surface area contributed by atoms with Crippen LogP contribution in [0.5, 0.6) is 0 Å². The molecule has 1 aliphatic heterocycles. The predicted molar refractivity (Wildman–Crippen MR) is 39.2 cm³/mol. The van der Waals surface area contributed by atoms with Gasteiger partial charge in [0.2, 0.25) is 0 Å². The van der Waals surface area contributed by atoms with Crippen LogP contribution in [-0.4, -0.2) is 67.5 Å². The minimum Gasteiger partial charge on any atom is -0.392 e. The van der Waals surface area contributed by atoms with Crippen molar-refractivity contribution in [1.29, 1.82) is 0 Å². The lowest BCUT2D eigenvalue weighted by Crippen LogP contribution is -2.73. The van der Waals surface area contributed by atoms with Crippen LogP contribution in [0.4, 0.5) is 0 Å². The maximum atomic E-state index is 9.36. The van der Waals surface area contributed by atoms with Crippen molar-refractivity contribution in [1.82, 2.24) is 5.32 Å². The second kappa shape index (κ2) is 3.46. The predicted octanol–water partition coefficient (Wildman–Crippen LogP) is -4.33. The molecule has 0 radical (unpaired) electrons. The molecule has 13 heavy (non-hydrogen) atoms. The average molecular weight is 195 g/mol. The van der Waals surface area contributed by atoms with E-state index in [2.05, 4.69) is 0 Å². The van der Waals surface area contributed by atoms with E-state index in [-0.39, 0.29) is 0 Å². The topological polar surface area (TPSA) is 133 Å². The van der Waals surface area contributed by atoms with Gasteiger partial charge >= 0.3 is 0 Å². The summed E-state index contributed by atoms with van der Waals surface area (Å²) in [5, 5.41) is 56.4. The molecule has 78 valence electrons. The van der Waals surface area contributed by atoms with Crippen molar-refractivity contribution in [2.45, 2.75) is 30.3 Å². The Morgan fingerprint density at radius 2 is 1.62 bits per heavy atom. The van der Waals surface area contributed by atoms with Gasteiger partial charge in [-0.05, 0) is 0 Å². The smallest absolute Gasteiger partial charge is 0.170 e. The number of rotatable bonds is 1. The number of aliphatic hydroxyl groups excluding tert-OH is 5. The standard InChI is InChI=1S/C6H13NO6/c8-1-6(13)4(11)2(9)3(10)5(12)7-6/h2-5,7-13H,1H2/t2-,3-,4+,5+,6-/m1/s1. The first kappa shape index (κ1) is 10.8. The molecular weight excluding hydrogens is 182 g/mol. The highest BCUT2D eigenvalue weighted by atomic mass is 16.4. The van der Waals surface area contributed by atoms with Crippen LogP contribution in [0.15, 0.2) is 0 Å². The Morgan fingerprint density at radius 1 is 1.08 bits per heavy atom. The lowest BCUT2D eigenvalue weighted by Gasteiger charge is -2.44. The van der Waals surface area contributed by atoms with E-state index in [0.29, 0.717) is 0 Å². The number of hydrogen-bond donors (Lipinski definition) is 7. The molecule has 0 unspecified atom stereocenters. The molecule has 0 aliphatic carbocycles. The van der Waals surface area contributed by atoms with Crippen molar-refractivity contribution in [3.63, 3.8) is 0 Å². The summed E-state index contributed by atoms with van der Waals surface area (Å²) in [6.45, 7) is -0.894. The summed E-state index contributed by atoms with van der Waals surface area (Å²) in [6, 6.07) is 0. The van der Waals surface area contributed by atoms with E-state index < -0.39 is 36.9 Å². The normalized spacial score (nSPS) is 52.2. The van der Waals surface area contributed by atoms with E-state index in [4.69, 9.17) is 20.4 Å². The van der Waals surface area contributed by atoms with E-state index in [1.807, 2.05) is 5.32 Å². The van der Waals surface area contributed by atoms with Crippen LogP contribution in [0.2, 0.25) is 0 Å². The first-order valence-electron chi connectivity index (χ1n) is 3.75. The van der Waals surface area contributed by atoms with Gasteiger partial charge < -0.3 is 30.6 Å². The highest BCUT2D eigenvalue weighted by Gasteiger charge is 2.50. The first-order valence-corrected chi connectivity index (χ1v) is 3.75. The largest absolute Gasteiger partial charge is 0.392 e. The number of aliphatic hydroxyl groups is 6. The summed E-state index contributed by atoms with van der Waals surface area (Å²) < 4.78 is 0. The Labute approximate surface area is 73.9 Å². The number of piperidine rings is 1.